The maximum absolute atomic E-state index is 6.29. The maximum Gasteiger partial charge on any atom is 0.127 e. The van der Waals surface area contributed by atoms with Crippen LogP contribution in [0, 0.1) is 13.8 Å². The van der Waals surface area contributed by atoms with Gasteiger partial charge < -0.3 is 10.5 Å². The Morgan fingerprint density at radius 1 is 1.25 bits per heavy atom. The fourth-order valence-electron chi connectivity index (χ4n) is 2.13. The van der Waals surface area contributed by atoms with E-state index in [-0.39, 0.29) is 0 Å². The highest BCUT2D eigenvalue weighted by atomic mass is 35.5. The summed E-state index contributed by atoms with van der Waals surface area (Å²) in [5.74, 6) is 0.769. The van der Waals surface area contributed by atoms with E-state index in [1.54, 1.807) is 13.2 Å². The van der Waals surface area contributed by atoms with E-state index in [1.807, 2.05) is 26.0 Å². The molecule has 1 aromatic carbocycles. The smallest absolute Gasteiger partial charge is 0.127 e. The molecule has 20 heavy (non-hydrogen) atoms. The number of aromatic nitrogens is 1. The zero-order chi connectivity index (χ0) is 14.9. The largest absolute Gasteiger partial charge is 0.496 e. The van der Waals surface area contributed by atoms with Crippen molar-refractivity contribution in [3.63, 3.8) is 0 Å². The molecule has 0 bridgehead atoms. The molecule has 1 unspecified atom stereocenters. The van der Waals surface area contributed by atoms with E-state index in [9.17, 15) is 0 Å². The van der Waals surface area contributed by atoms with Crippen LogP contribution in [-0.2, 0) is 0 Å². The first-order chi connectivity index (χ1) is 9.45. The van der Waals surface area contributed by atoms with Crippen LogP contribution in [0.4, 0.5) is 0 Å². The number of ether oxygens (including phenoxy) is 1. The minimum Gasteiger partial charge on any atom is -0.496 e. The van der Waals surface area contributed by atoms with Crippen LogP contribution in [0.5, 0.6) is 5.75 Å². The summed E-state index contributed by atoms with van der Waals surface area (Å²) in [6.45, 7) is 4.03. The maximum atomic E-state index is 6.29. The van der Waals surface area contributed by atoms with Crippen molar-refractivity contribution in [3.05, 3.63) is 56.8 Å². The van der Waals surface area contributed by atoms with Gasteiger partial charge in [0.15, 0.2) is 0 Å². The SMILES string of the molecule is COc1c(C(N)c2ncc(Cl)cc2Cl)ccc(C)c1C. The van der Waals surface area contributed by atoms with Crippen molar-refractivity contribution in [1.82, 2.24) is 4.98 Å². The number of methoxy groups -OCH3 is 1. The predicted molar refractivity (Wildman–Crippen MR) is 82.8 cm³/mol. The Morgan fingerprint density at radius 3 is 2.55 bits per heavy atom. The summed E-state index contributed by atoms with van der Waals surface area (Å²) in [4.78, 5) is 4.24. The van der Waals surface area contributed by atoms with Crippen molar-refractivity contribution < 1.29 is 4.74 Å². The van der Waals surface area contributed by atoms with Gasteiger partial charge >= 0.3 is 0 Å². The normalized spacial score (nSPS) is 12.3. The molecular weight excluding hydrogens is 295 g/mol. The second kappa shape index (κ2) is 6.00. The zero-order valence-electron chi connectivity index (χ0n) is 11.6. The van der Waals surface area contributed by atoms with E-state index in [1.165, 1.54) is 6.20 Å². The molecule has 106 valence electrons. The van der Waals surface area contributed by atoms with Crippen LogP contribution in [0.15, 0.2) is 24.4 Å². The predicted octanol–water partition coefficient (Wildman–Crippen LogP) is 4.06. The van der Waals surface area contributed by atoms with Crippen LogP contribution in [0.1, 0.15) is 28.4 Å². The zero-order valence-corrected chi connectivity index (χ0v) is 13.1. The standard InChI is InChI=1S/C15H16Cl2N2O/c1-8-4-5-11(15(20-3)9(8)2)13(18)14-12(17)6-10(16)7-19-14/h4-7,13H,18H2,1-3H3. The van der Waals surface area contributed by atoms with Gasteiger partial charge in [0.1, 0.15) is 5.75 Å². The fourth-order valence-corrected chi connectivity index (χ4v) is 2.63. The van der Waals surface area contributed by atoms with Gasteiger partial charge in [0, 0.05) is 11.8 Å². The number of rotatable bonds is 3. The molecule has 5 heteroatoms. The Kier molecular flexibility index (Phi) is 4.53. The minimum atomic E-state index is -0.464. The summed E-state index contributed by atoms with van der Waals surface area (Å²) in [6.07, 6.45) is 1.54. The molecule has 1 aromatic heterocycles. The number of pyridine rings is 1. The van der Waals surface area contributed by atoms with Gasteiger partial charge in [-0.1, -0.05) is 35.3 Å². The van der Waals surface area contributed by atoms with Gasteiger partial charge in [0.2, 0.25) is 0 Å². The Hall–Kier alpha value is -1.29. The molecule has 0 aliphatic carbocycles. The number of aryl methyl sites for hydroxylation is 1. The van der Waals surface area contributed by atoms with E-state index in [0.717, 1.165) is 22.4 Å². The van der Waals surface area contributed by atoms with Crippen molar-refractivity contribution in [2.24, 2.45) is 5.73 Å². The van der Waals surface area contributed by atoms with Crippen molar-refractivity contribution in [2.45, 2.75) is 19.9 Å². The fraction of sp³-hybridized carbons (Fsp3) is 0.267. The highest BCUT2D eigenvalue weighted by Gasteiger charge is 2.20. The molecule has 3 nitrogen and oxygen atoms in total. The average Bonchev–Trinajstić information content (AvgIpc) is 2.41. The average molecular weight is 311 g/mol. The quantitative estimate of drug-likeness (QED) is 0.930. The lowest BCUT2D eigenvalue weighted by atomic mass is 9.97. The van der Waals surface area contributed by atoms with E-state index in [2.05, 4.69) is 4.98 Å². The molecule has 0 fully saturated rings. The molecule has 1 atom stereocenters. The molecular formula is C15H16Cl2N2O. The lowest BCUT2D eigenvalue weighted by Gasteiger charge is -2.19. The van der Waals surface area contributed by atoms with Crippen LogP contribution < -0.4 is 10.5 Å². The summed E-state index contributed by atoms with van der Waals surface area (Å²) < 4.78 is 5.49. The number of hydrogen-bond donors (Lipinski definition) is 1. The molecule has 0 aliphatic heterocycles. The second-order valence-corrected chi connectivity index (χ2v) is 5.47. The second-order valence-electron chi connectivity index (χ2n) is 4.63. The highest BCUT2D eigenvalue weighted by Crippen LogP contribution is 2.34. The summed E-state index contributed by atoms with van der Waals surface area (Å²) in [6, 6.07) is 5.13. The number of nitrogens with two attached hydrogens (primary N) is 1. The third kappa shape index (κ3) is 2.75. The summed E-state index contributed by atoms with van der Waals surface area (Å²) in [5, 5.41) is 0.934. The Labute approximate surface area is 128 Å². The minimum absolute atomic E-state index is 0.449. The molecule has 0 saturated heterocycles. The van der Waals surface area contributed by atoms with E-state index < -0.39 is 6.04 Å². The van der Waals surface area contributed by atoms with Gasteiger partial charge in [-0.05, 0) is 31.0 Å². The third-order valence-corrected chi connectivity index (χ3v) is 3.89. The number of hydrogen-bond acceptors (Lipinski definition) is 3. The van der Waals surface area contributed by atoms with Gasteiger partial charge in [0.25, 0.3) is 0 Å². The molecule has 0 amide bonds. The van der Waals surface area contributed by atoms with E-state index in [4.69, 9.17) is 33.7 Å². The molecule has 0 aliphatic rings. The highest BCUT2D eigenvalue weighted by molar-refractivity contribution is 6.34. The summed E-state index contributed by atoms with van der Waals surface area (Å²) in [5.41, 5.74) is 9.93. The number of benzene rings is 1. The molecule has 0 saturated carbocycles. The van der Waals surface area contributed by atoms with Gasteiger partial charge in [-0.15, -0.1) is 0 Å². The number of nitrogens with zero attached hydrogens (tertiary/aromatic N) is 1. The summed E-state index contributed by atoms with van der Waals surface area (Å²) >= 11 is 12.0. The van der Waals surface area contributed by atoms with Crippen molar-refractivity contribution in [1.29, 1.82) is 0 Å². The molecule has 2 N–H and O–H groups in total. The van der Waals surface area contributed by atoms with Crippen molar-refractivity contribution >= 4 is 23.2 Å². The van der Waals surface area contributed by atoms with Crippen molar-refractivity contribution in [3.8, 4) is 5.75 Å². The first-order valence-corrected chi connectivity index (χ1v) is 6.92. The summed E-state index contributed by atoms with van der Waals surface area (Å²) in [7, 11) is 1.63. The van der Waals surface area contributed by atoms with Crippen LogP contribution >= 0.6 is 23.2 Å². The molecule has 2 aromatic rings. The first kappa shape index (κ1) is 15.1. The van der Waals surface area contributed by atoms with Crippen LogP contribution in [0.2, 0.25) is 10.0 Å². The Bertz CT molecular complexity index is 644. The third-order valence-electron chi connectivity index (χ3n) is 3.38. The molecule has 1 heterocycles. The van der Waals surface area contributed by atoms with Gasteiger partial charge in [0.05, 0.1) is 28.9 Å². The topological polar surface area (TPSA) is 48.1 Å². The molecule has 0 radical (unpaired) electrons. The lowest BCUT2D eigenvalue weighted by molar-refractivity contribution is 0.404. The van der Waals surface area contributed by atoms with E-state index in [0.29, 0.717) is 15.7 Å². The van der Waals surface area contributed by atoms with Crippen LogP contribution in [-0.4, -0.2) is 12.1 Å². The lowest BCUT2D eigenvalue weighted by Crippen LogP contribution is -2.16. The molecule has 2 rings (SSSR count). The molecule has 0 spiro atoms. The Morgan fingerprint density at radius 2 is 1.95 bits per heavy atom. The van der Waals surface area contributed by atoms with Crippen LogP contribution in [0.25, 0.3) is 0 Å². The number of halogens is 2. The van der Waals surface area contributed by atoms with Crippen molar-refractivity contribution in [2.75, 3.05) is 7.11 Å². The van der Waals surface area contributed by atoms with Gasteiger partial charge in [-0.25, -0.2) is 0 Å². The van der Waals surface area contributed by atoms with Crippen LogP contribution in [0.3, 0.4) is 0 Å². The first-order valence-electron chi connectivity index (χ1n) is 6.16. The van der Waals surface area contributed by atoms with E-state index >= 15 is 0 Å². The van der Waals surface area contributed by atoms with Gasteiger partial charge in [-0.3, -0.25) is 4.98 Å². The Balaban J connectivity index is 2.53. The monoisotopic (exact) mass is 310 g/mol. The van der Waals surface area contributed by atoms with Gasteiger partial charge in [-0.2, -0.15) is 0 Å².